The molecule has 7 heteroatoms. The van der Waals surface area contributed by atoms with E-state index in [2.05, 4.69) is 15.0 Å². The molecule has 1 atom stereocenters. The third-order valence-corrected chi connectivity index (χ3v) is 3.04. The van der Waals surface area contributed by atoms with Gasteiger partial charge in [0.05, 0.1) is 6.04 Å². The number of pyridine rings is 1. The number of nitrogens with one attached hydrogen (secondary N) is 1. The Kier molecular flexibility index (Phi) is 5.20. The molecular weight excluding hydrogens is 309 g/mol. The summed E-state index contributed by atoms with van der Waals surface area (Å²) in [5.74, 6) is -0.894. The Morgan fingerprint density at radius 2 is 1.91 bits per heavy atom. The van der Waals surface area contributed by atoms with Crippen molar-refractivity contribution in [2.75, 3.05) is 6.61 Å². The van der Waals surface area contributed by atoms with E-state index in [1.54, 1.807) is 6.92 Å². The van der Waals surface area contributed by atoms with E-state index in [-0.39, 0.29) is 17.5 Å². The van der Waals surface area contributed by atoms with Crippen LogP contribution < -0.4 is 10.1 Å². The van der Waals surface area contributed by atoms with E-state index in [9.17, 15) is 18.0 Å². The van der Waals surface area contributed by atoms with Crippen molar-refractivity contribution < 1.29 is 22.7 Å². The molecule has 122 valence electrons. The van der Waals surface area contributed by atoms with Gasteiger partial charge in [-0.2, -0.15) is 13.2 Å². The second-order valence-corrected chi connectivity index (χ2v) is 4.87. The van der Waals surface area contributed by atoms with E-state index in [4.69, 9.17) is 0 Å². The number of carbonyl (C=O) groups is 1. The van der Waals surface area contributed by atoms with E-state index >= 15 is 0 Å². The van der Waals surface area contributed by atoms with Crippen LogP contribution in [0.15, 0.2) is 48.7 Å². The predicted octanol–water partition coefficient (Wildman–Crippen LogP) is 3.51. The van der Waals surface area contributed by atoms with E-state index in [1.807, 2.05) is 30.3 Å². The number of benzene rings is 1. The molecule has 1 N–H and O–H groups in total. The number of halogens is 3. The van der Waals surface area contributed by atoms with Crippen molar-refractivity contribution in [1.82, 2.24) is 10.3 Å². The number of alkyl halides is 3. The lowest BCUT2D eigenvalue weighted by molar-refractivity contribution is -0.154. The van der Waals surface area contributed by atoms with Gasteiger partial charge in [-0.05, 0) is 24.6 Å². The Hall–Kier alpha value is -2.57. The van der Waals surface area contributed by atoms with Crippen LogP contribution in [0.25, 0.3) is 0 Å². The summed E-state index contributed by atoms with van der Waals surface area (Å²) in [5, 5.41) is 2.71. The lowest BCUT2D eigenvalue weighted by Crippen LogP contribution is -2.28. The fourth-order valence-electron chi connectivity index (χ4n) is 1.93. The quantitative estimate of drug-likeness (QED) is 0.915. The van der Waals surface area contributed by atoms with Gasteiger partial charge in [0.1, 0.15) is 5.56 Å². The SMILES string of the molecule is CC(NC(=O)c1cccnc1OCC(F)(F)F)c1ccccc1. The molecule has 1 aromatic heterocycles. The summed E-state index contributed by atoms with van der Waals surface area (Å²) in [5.41, 5.74) is 0.835. The summed E-state index contributed by atoms with van der Waals surface area (Å²) in [4.78, 5) is 16.0. The first-order valence-corrected chi connectivity index (χ1v) is 6.87. The van der Waals surface area contributed by atoms with Gasteiger partial charge in [-0.15, -0.1) is 0 Å². The molecule has 0 aliphatic rings. The van der Waals surface area contributed by atoms with Crippen LogP contribution in [0.3, 0.4) is 0 Å². The van der Waals surface area contributed by atoms with Gasteiger partial charge in [-0.1, -0.05) is 30.3 Å². The van der Waals surface area contributed by atoms with Gasteiger partial charge in [0, 0.05) is 6.20 Å². The zero-order chi connectivity index (χ0) is 16.9. The van der Waals surface area contributed by atoms with Crippen molar-refractivity contribution in [1.29, 1.82) is 0 Å². The maximum absolute atomic E-state index is 12.3. The number of carbonyl (C=O) groups excluding carboxylic acids is 1. The van der Waals surface area contributed by atoms with Crippen LogP contribution in [0.4, 0.5) is 13.2 Å². The van der Waals surface area contributed by atoms with Gasteiger partial charge in [0.25, 0.3) is 5.91 Å². The first-order valence-electron chi connectivity index (χ1n) is 6.87. The minimum atomic E-state index is -4.50. The highest BCUT2D eigenvalue weighted by atomic mass is 19.4. The van der Waals surface area contributed by atoms with E-state index in [1.165, 1.54) is 18.3 Å². The van der Waals surface area contributed by atoms with E-state index in [0.29, 0.717) is 0 Å². The van der Waals surface area contributed by atoms with Gasteiger partial charge in [0.2, 0.25) is 5.88 Å². The molecule has 0 fully saturated rings. The molecule has 1 unspecified atom stereocenters. The number of hydrogen-bond donors (Lipinski definition) is 1. The van der Waals surface area contributed by atoms with Crippen LogP contribution in [0.5, 0.6) is 5.88 Å². The first-order chi connectivity index (χ1) is 10.9. The minimum Gasteiger partial charge on any atom is -0.467 e. The molecule has 23 heavy (non-hydrogen) atoms. The van der Waals surface area contributed by atoms with Crippen LogP contribution in [-0.2, 0) is 0 Å². The average Bonchev–Trinajstić information content (AvgIpc) is 2.53. The zero-order valence-corrected chi connectivity index (χ0v) is 12.3. The highest BCUT2D eigenvalue weighted by molar-refractivity contribution is 5.96. The van der Waals surface area contributed by atoms with Gasteiger partial charge >= 0.3 is 6.18 Å². The van der Waals surface area contributed by atoms with Gasteiger partial charge in [-0.25, -0.2) is 4.98 Å². The van der Waals surface area contributed by atoms with Crippen LogP contribution >= 0.6 is 0 Å². The fraction of sp³-hybridized carbons (Fsp3) is 0.250. The number of rotatable bonds is 5. The summed E-state index contributed by atoms with van der Waals surface area (Å²) in [7, 11) is 0. The van der Waals surface area contributed by atoms with Crippen molar-refractivity contribution >= 4 is 5.91 Å². The summed E-state index contributed by atoms with van der Waals surface area (Å²) in [6.45, 7) is 0.276. The van der Waals surface area contributed by atoms with Crippen LogP contribution in [0.1, 0.15) is 28.9 Å². The number of ether oxygens (including phenoxy) is 1. The summed E-state index contributed by atoms with van der Waals surface area (Å²) >= 11 is 0. The van der Waals surface area contributed by atoms with E-state index < -0.39 is 18.7 Å². The highest BCUT2D eigenvalue weighted by Crippen LogP contribution is 2.21. The number of hydrogen-bond acceptors (Lipinski definition) is 3. The molecule has 0 aliphatic heterocycles. The largest absolute Gasteiger partial charge is 0.467 e. The molecule has 0 radical (unpaired) electrons. The molecule has 0 bridgehead atoms. The normalized spacial score (nSPS) is 12.5. The molecule has 0 saturated carbocycles. The maximum atomic E-state index is 12.3. The molecule has 4 nitrogen and oxygen atoms in total. The summed E-state index contributed by atoms with van der Waals surface area (Å²) in [6, 6.07) is 11.7. The fourth-order valence-corrected chi connectivity index (χ4v) is 1.93. The lowest BCUT2D eigenvalue weighted by Gasteiger charge is -2.16. The summed E-state index contributed by atoms with van der Waals surface area (Å²) < 4.78 is 41.4. The average molecular weight is 324 g/mol. The molecule has 0 aliphatic carbocycles. The van der Waals surface area contributed by atoms with Gasteiger partial charge in [0.15, 0.2) is 6.61 Å². The van der Waals surface area contributed by atoms with Crippen molar-refractivity contribution in [2.24, 2.45) is 0 Å². The molecular formula is C16H15F3N2O2. The molecule has 2 aromatic rings. The predicted molar refractivity (Wildman–Crippen MR) is 78.1 cm³/mol. The lowest BCUT2D eigenvalue weighted by atomic mass is 10.1. The second kappa shape index (κ2) is 7.13. The zero-order valence-electron chi connectivity index (χ0n) is 12.3. The third kappa shape index (κ3) is 4.98. The van der Waals surface area contributed by atoms with Crippen LogP contribution in [0, 0.1) is 0 Å². The van der Waals surface area contributed by atoms with Crippen LogP contribution in [0.2, 0.25) is 0 Å². The first kappa shape index (κ1) is 16.8. The Morgan fingerprint density at radius 3 is 2.57 bits per heavy atom. The van der Waals surface area contributed by atoms with Gasteiger partial charge < -0.3 is 10.1 Å². The molecule has 1 amide bonds. The van der Waals surface area contributed by atoms with Crippen LogP contribution in [-0.4, -0.2) is 23.7 Å². The topological polar surface area (TPSA) is 51.2 Å². The molecule has 2 rings (SSSR count). The number of amides is 1. The second-order valence-electron chi connectivity index (χ2n) is 4.87. The monoisotopic (exact) mass is 324 g/mol. The van der Waals surface area contributed by atoms with E-state index in [0.717, 1.165) is 5.56 Å². The number of aromatic nitrogens is 1. The van der Waals surface area contributed by atoms with Gasteiger partial charge in [-0.3, -0.25) is 4.79 Å². The minimum absolute atomic E-state index is 0.0421. The van der Waals surface area contributed by atoms with Crippen molar-refractivity contribution in [3.63, 3.8) is 0 Å². The van der Waals surface area contributed by atoms with Crippen molar-refractivity contribution in [3.05, 3.63) is 59.8 Å². The van der Waals surface area contributed by atoms with Crippen molar-refractivity contribution in [3.8, 4) is 5.88 Å². The Labute approximate surface area is 131 Å². The third-order valence-electron chi connectivity index (χ3n) is 3.04. The van der Waals surface area contributed by atoms with Crippen molar-refractivity contribution in [2.45, 2.75) is 19.1 Å². The summed E-state index contributed by atoms with van der Waals surface area (Å²) in [6.07, 6.45) is -3.23. The molecule has 1 heterocycles. The molecule has 0 spiro atoms. The number of nitrogens with zero attached hydrogens (tertiary/aromatic N) is 1. The Balaban J connectivity index is 2.10. The Morgan fingerprint density at radius 1 is 1.22 bits per heavy atom. The smallest absolute Gasteiger partial charge is 0.422 e. The highest BCUT2D eigenvalue weighted by Gasteiger charge is 2.29. The molecule has 1 aromatic carbocycles. The standard InChI is InChI=1S/C16H15F3N2O2/c1-11(12-6-3-2-4-7-12)21-14(22)13-8-5-9-20-15(13)23-10-16(17,18)19/h2-9,11H,10H2,1H3,(H,21,22). The maximum Gasteiger partial charge on any atom is 0.422 e. The Bertz CT molecular complexity index is 660. The molecule has 0 saturated heterocycles.